The maximum atomic E-state index is 11.8. The molecule has 1 aromatic heterocycles. The number of hydrogen-bond acceptors (Lipinski definition) is 4. The van der Waals surface area contributed by atoms with Crippen LogP contribution in [-0.2, 0) is 7.05 Å². The minimum atomic E-state index is -0.343. The molecule has 2 amide bonds. The fourth-order valence-corrected chi connectivity index (χ4v) is 2.04. The second-order valence-electron chi connectivity index (χ2n) is 4.66. The third-order valence-corrected chi connectivity index (χ3v) is 3.19. The van der Waals surface area contributed by atoms with E-state index in [9.17, 15) is 4.79 Å². The largest absolute Gasteiger partial charge is 0.396 e. The lowest BCUT2D eigenvalue weighted by molar-refractivity contribution is 0.247. The lowest BCUT2D eigenvalue weighted by Crippen LogP contribution is -2.33. The summed E-state index contributed by atoms with van der Waals surface area (Å²) in [6.45, 7) is 0.514. The van der Waals surface area contributed by atoms with Crippen LogP contribution >= 0.6 is 0 Å². The zero-order valence-electron chi connectivity index (χ0n) is 11.9. The summed E-state index contributed by atoms with van der Waals surface area (Å²) in [5.41, 5.74) is 1.09. The van der Waals surface area contributed by atoms with E-state index in [4.69, 9.17) is 5.11 Å². The number of aromatic nitrogens is 3. The molecule has 3 N–H and O–H groups in total. The van der Waals surface area contributed by atoms with E-state index in [1.54, 1.807) is 7.05 Å². The van der Waals surface area contributed by atoms with E-state index >= 15 is 0 Å². The lowest BCUT2D eigenvalue weighted by atomic mass is 9.96. The molecule has 7 nitrogen and oxygen atoms in total. The monoisotopic (exact) mass is 289 g/mol. The van der Waals surface area contributed by atoms with Crippen molar-refractivity contribution in [3.63, 3.8) is 0 Å². The molecule has 0 fully saturated rings. The minimum absolute atomic E-state index is 0.0708. The number of hydrogen-bond donors (Lipinski definition) is 3. The van der Waals surface area contributed by atoms with Crippen LogP contribution in [0.1, 0.15) is 17.9 Å². The normalized spacial score (nSPS) is 11.9. The first-order chi connectivity index (χ1) is 10.2. The van der Waals surface area contributed by atoms with Gasteiger partial charge in [-0.1, -0.05) is 30.3 Å². The summed E-state index contributed by atoms with van der Waals surface area (Å²) in [6.07, 6.45) is 1.96. The van der Waals surface area contributed by atoms with Crippen LogP contribution in [0.2, 0.25) is 0 Å². The SMILES string of the molecule is Cn1ncnc1NC(=O)NCC(CCO)c1ccccc1. The zero-order chi connectivity index (χ0) is 15.1. The Balaban J connectivity index is 1.90. The Kier molecular flexibility index (Phi) is 5.28. The molecule has 0 spiro atoms. The summed E-state index contributed by atoms with van der Waals surface area (Å²) in [5, 5.41) is 18.4. The van der Waals surface area contributed by atoms with E-state index in [2.05, 4.69) is 20.7 Å². The molecule has 0 aliphatic rings. The Bertz CT molecular complexity index is 570. The van der Waals surface area contributed by atoms with Crippen LogP contribution in [0.15, 0.2) is 36.7 Å². The summed E-state index contributed by atoms with van der Waals surface area (Å²) in [5.74, 6) is 0.451. The van der Waals surface area contributed by atoms with Crippen molar-refractivity contribution in [1.82, 2.24) is 20.1 Å². The van der Waals surface area contributed by atoms with Crippen molar-refractivity contribution < 1.29 is 9.90 Å². The highest BCUT2D eigenvalue weighted by molar-refractivity contribution is 5.87. The molecule has 1 unspecified atom stereocenters. The molecule has 1 heterocycles. The molecule has 0 aliphatic heterocycles. The van der Waals surface area contributed by atoms with Gasteiger partial charge in [-0.05, 0) is 12.0 Å². The number of amides is 2. The zero-order valence-corrected chi connectivity index (χ0v) is 11.9. The standard InChI is InChI=1S/C14H19N5O2/c1-19-13(16-10-17-19)18-14(21)15-9-12(7-8-20)11-5-3-2-4-6-11/h2-6,10,12,20H,7-9H2,1H3,(H2,15,16,17,18,21). The Morgan fingerprint density at radius 3 is 2.76 bits per heavy atom. The Morgan fingerprint density at radius 2 is 2.14 bits per heavy atom. The van der Waals surface area contributed by atoms with Crippen molar-refractivity contribution in [3.05, 3.63) is 42.2 Å². The van der Waals surface area contributed by atoms with E-state index in [0.29, 0.717) is 18.9 Å². The van der Waals surface area contributed by atoms with Gasteiger partial charge in [0, 0.05) is 26.1 Å². The van der Waals surface area contributed by atoms with Gasteiger partial charge in [-0.25, -0.2) is 9.48 Å². The topological polar surface area (TPSA) is 92.1 Å². The second kappa shape index (κ2) is 7.39. The molecule has 112 valence electrons. The molecule has 0 saturated carbocycles. The first-order valence-corrected chi connectivity index (χ1v) is 6.75. The van der Waals surface area contributed by atoms with Crippen molar-refractivity contribution in [3.8, 4) is 0 Å². The van der Waals surface area contributed by atoms with Gasteiger partial charge < -0.3 is 10.4 Å². The van der Waals surface area contributed by atoms with Gasteiger partial charge in [0.05, 0.1) is 0 Å². The van der Waals surface area contributed by atoms with E-state index < -0.39 is 0 Å². The van der Waals surface area contributed by atoms with E-state index in [-0.39, 0.29) is 18.6 Å². The molecule has 2 rings (SSSR count). The van der Waals surface area contributed by atoms with Crippen LogP contribution in [0.5, 0.6) is 0 Å². The molecule has 2 aromatic rings. The fraction of sp³-hybridized carbons (Fsp3) is 0.357. The molecule has 0 bridgehead atoms. The number of aryl methyl sites for hydroxylation is 1. The van der Waals surface area contributed by atoms with Crippen LogP contribution in [0, 0.1) is 0 Å². The fourth-order valence-electron chi connectivity index (χ4n) is 2.04. The number of aliphatic hydroxyl groups excluding tert-OH is 1. The summed E-state index contributed by atoms with van der Waals surface area (Å²) >= 11 is 0. The number of urea groups is 1. The first-order valence-electron chi connectivity index (χ1n) is 6.75. The van der Waals surface area contributed by atoms with Crippen LogP contribution in [0.25, 0.3) is 0 Å². The summed E-state index contributed by atoms with van der Waals surface area (Å²) < 4.78 is 1.47. The predicted molar refractivity (Wildman–Crippen MR) is 78.9 cm³/mol. The minimum Gasteiger partial charge on any atom is -0.396 e. The quantitative estimate of drug-likeness (QED) is 0.742. The Morgan fingerprint density at radius 1 is 1.38 bits per heavy atom. The predicted octanol–water partition coefficient (Wildman–Crippen LogP) is 1.10. The van der Waals surface area contributed by atoms with Crippen molar-refractivity contribution >= 4 is 12.0 Å². The van der Waals surface area contributed by atoms with Gasteiger partial charge in [0.15, 0.2) is 0 Å². The Hall–Kier alpha value is -2.41. The van der Waals surface area contributed by atoms with Gasteiger partial charge in [-0.2, -0.15) is 10.1 Å². The summed E-state index contributed by atoms with van der Waals surface area (Å²) in [6, 6.07) is 9.46. The number of benzene rings is 1. The molecular weight excluding hydrogens is 270 g/mol. The van der Waals surface area contributed by atoms with Crippen LogP contribution in [-0.4, -0.2) is 39.1 Å². The molecule has 1 atom stereocenters. The average Bonchev–Trinajstić information content (AvgIpc) is 2.89. The number of rotatable bonds is 6. The maximum absolute atomic E-state index is 11.8. The number of aliphatic hydroxyl groups is 1. The van der Waals surface area contributed by atoms with Crippen molar-refractivity contribution in [2.45, 2.75) is 12.3 Å². The maximum Gasteiger partial charge on any atom is 0.321 e. The number of carbonyl (C=O) groups is 1. The van der Waals surface area contributed by atoms with Crippen molar-refractivity contribution in [1.29, 1.82) is 0 Å². The molecule has 0 saturated heterocycles. The second-order valence-corrected chi connectivity index (χ2v) is 4.66. The Labute approximate surface area is 123 Å². The van der Waals surface area contributed by atoms with Gasteiger partial charge in [-0.3, -0.25) is 5.32 Å². The molecule has 21 heavy (non-hydrogen) atoms. The molecular formula is C14H19N5O2. The number of nitrogens with one attached hydrogen (secondary N) is 2. The van der Waals surface area contributed by atoms with Crippen LogP contribution < -0.4 is 10.6 Å². The lowest BCUT2D eigenvalue weighted by Gasteiger charge is -2.17. The highest BCUT2D eigenvalue weighted by Crippen LogP contribution is 2.18. The summed E-state index contributed by atoms with van der Waals surface area (Å²) in [7, 11) is 1.70. The highest BCUT2D eigenvalue weighted by atomic mass is 16.3. The molecule has 1 aromatic carbocycles. The van der Waals surface area contributed by atoms with Gasteiger partial charge in [-0.15, -0.1) is 0 Å². The van der Waals surface area contributed by atoms with E-state index in [0.717, 1.165) is 5.56 Å². The number of anilines is 1. The highest BCUT2D eigenvalue weighted by Gasteiger charge is 2.13. The van der Waals surface area contributed by atoms with Gasteiger partial charge in [0.25, 0.3) is 0 Å². The summed E-state index contributed by atoms with van der Waals surface area (Å²) in [4.78, 5) is 15.8. The average molecular weight is 289 g/mol. The molecule has 0 radical (unpaired) electrons. The van der Waals surface area contributed by atoms with Crippen LogP contribution in [0.3, 0.4) is 0 Å². The van der Waals surface area contributed by atoms with Gasteiger partial charge >= 0.3 is 6.03 Å². The van der Waals surface area contributed by atoms with Crippen molar-refractivity contribution in [2.24, 2.45) is 7.05 Å². The number of nitrogens with zero attached hydrogens (tertiary/aromatic N) is 3. The molecule has 7 heteroatoms. The van der Waals surface area contributed by atoms with Gasteiger partial charge in [0.1, 0.15) is 6.33 Å². The smallest absolute Gasteiger partial charge is 0.321 e. The van der Waals surface area contributed by atoms with E-state index in [1.807, 2.05) is 30.3 Å². The van der Waals surface area contributed by atoms with Gasteiger partial charge in [0.2, 0.25) is 5.95 Å². The van der Waals surface area contributed by atoms with Crippen molar-refractivity contribution in [2.75, 3.05) is 18.5 Å². The van der Waals surface area contributed by atoms with E-state index in [1.165, 1.54) is 11.0 Å². The third kappa shape index (κ3) is 4.28. The van der Waals surface area contributed by atoms with Crippen LogP contribution in [0.4, 0.5) is 10.7 Å². The molecule has 0 aliphatic carbocycles. The number of carbonyl (C=O) groups excluding carboxylic acids is 1. The first kappa shape index (κ1) is 15.0. The third-order valence-electron chi connectivity index (χ3n) is 3.19.